The Kier molecular flexibility index (Phi) is 4.13. The molecule has 0 amide bonds. The van der Waals surface area contributed by atoms with Crippen molar-refractivity contribution in [3.8, 4) is 6.07 Å². The van der Waals surface area contributed by atoms with Gasteiger partial charge in [0.1, 0.15) is 17.4 Å². The first-order valence-electron chi connectivity index (χ1n) is 4.49. The number of rotatable bonds is 3. The molecule has 2 nitrogen and oxygen atoms in total. The van der Waals surface area contributed by atoms with Crippen molar-refractivity contribution in [2.45, 2.75) is 19.3 Å². The van der Waals surface area contributed by atoms with E-state index in [1.54, 1.807) is 6.07 Å². The third-order valence-electron chi connectivity index (χ3n) is 2.08. The minimum atomic E-state index is -1.09. The molecular formula is C11H8BrF2NO. The maximum atomic E-state index is 13.6. The van der Waals surface area contributed by atoms with Crippen molar-refractivity contribution in [1.82, 2.24) is 0 Å². The Morgan fingerprint density at radius 1 is 1.56 bits per heavy atom. The van der Waals surface area contributed by atoms with E-state index >= 15 is 0 Å². The smallest absolute Gasteiger partial charge is 0.144 e. The summed E-state index contributed by atoms with van der Waals surface area (Å²) in [5.41, 5.74) is -0.355. The van der Waals surface area contributed by atoms with Crippen molar-refractivity contribution in [1.29, 1.82) is 5.26 Å². The molecule has 0 aliphatic heterocycles. The zero-order valence-electron chi connectivity index (χ0n) is 8.43. The van der Waals surface area contributed by atoms with E-state index < -0.39 is 17.6 Å². The highest BCUT2D eigenvalue weighted by Gasteiger charge is 2.23. The van der Waals surface area contributed by atoms with E-state index in [1.807, 2.05) is 0 Å². The summed E-state index contributed by atoms with van der Waals surface area (Å²) in [6.45, 7) is 1.28. The molecule has 1 aromatic carbocycles. The third kappa shape index (κ3) is 2.64. The zero-order valence-corrected chi connectivity index (χ0v) is 10.0. The molecular weight excluding hydrogens is 280 g/mol. The number of hydrogen-bond donors (Lipinski definition) is 0. The van der Waals surface area contributed by atoms with Gasteiger partial charge in [0.15, 0.2) is 0 Å². The summed E-state index contributed by atoms with van der Waals surface area (Å²) in [7, 11) is 0. The van der Waals surface area contributed by atoms with Crippen LogP contribution in [0.25, 0.3) is 0 Å². The molecule has 84 valence electrons. The van der Waals surface area contributed by atoms with Gasteiger partial charge in [0.05, 0.1) is 16.5 Å². The summed E-state index contributed by atoms with van der Waals surface area (Å²) in [4.78, 5) is 10.9. The first-order chi connectivity index (χ1) is 7.47. The average molecular weight is 288 g/mol. The fourth-order valence-electron chi connectivity index (χ4n) is 1.36. The van der Waals surface area contributed by atoms with Crippen LogP contribution >= 0.6 is 15.9 Å². The normalized spacial score (nSPS) is 11.9. The van der Waals surface area contributed by atoms with Crippen molar-refractivity contribution in [2.24, 2.45) is 0 Å². The molecule has 1 atom stereocenters. The summed E-state index contributed by atoms with van der Waals surface area (Å²) >= 11 is 2.91. The van der Waals surface area contributed by atoms with E-state index in [1.165, 1.54) is 13.0 Å². The molecule has 5 heteroatoms. The van der Waals surface area contributed by atoms with Crippen LogP contribution in [0.4, 0.5) is 8.78 Å². The van der Waals surface area contributed by atoms with Gasteiger partial charge in [-0.2, -0.15) is 5.26 Å². The number of halogens is 3. The van der Waals surface area contributed by atoms with Gasteiger partial charge in [0.2, 0.25) is 0 Å². The number of hydrogen-bond acceptors (Lipinski definition) is 2. The van der Waals surface area contributed by atoms with Gasteiger partial charge in [-0.1, -0.05) is 0 Å². The van der Waals surface area contributed by atoms with Crippen LogP contribution in [0, 0.1) is 23.0 Å². The molecule has 0 heterocycles. The van der Waals surface area contributed by atoms with Crippen LogP contribution in [0.3, 0.4) is 0 Å². The second-order valence-corrected chi connectivity index (χ2v) is 4.20. The SMILES string of the molecule is CC(=O)CC(C#N)c1c(F)ccc(Br)c1F. The number of Topliss-reactive ketones (excluding diaryl/α,β-unsaturated/α-hetero) is 1. The summed E-state index contributed by atoms with van der Waals surface area (Å²) < 4.78 is 27.1. The zero-order chi connectivity index (χ0) is 12.3. The predicted molar refractivity (Wildman–Crippen MR) is 57.7 cm³/mol. The van der Waals surface area contributed by atoms with Gasteiger partial charge in [-0.3, -0.25) is 4.79 Å². The van der Waals surface area contributed by atoms with Crippen LogP contribution in [0.5, 0.6) is 0 Å². The lowest BCUT2D eigenvalue weighted by atomic mass is 9.94. The molecule has 0 aromatic heterocycles. The molecule has 0 fully saturated rings. The number of nitrogens with zero attached hydrogens (tertiary/aromatic N) is 1. The molecule has 0 aliphatic carbocycles. The molecule has 1 unspecified atom stereocenters. The average Bonchev–Trinajstić information content (AvgIpc) is 2.22. The lowest BCUT2D eigenvalue weighted by Gasteiger charge is -2.10. The van der Waals surface area contributed by atoms with Crippen LogP contribution < -0.4 is 0 Å². The molecule has 16 heavy (non-hydrogen) atoms. The van der Waals surface area contributed by atoms with E-state index in [0.717, 1.165) is 6.07 Å². The Balaban J connectivity index is 3.25. The van der Waals surface area contributed by atoms with E-state index in [0.29, 0.717) is 0 Å². The van der Waals surface area contributed by atoms with Crippen molar-refractivity contribution in [3.05, 3.63) is 33.8 Å². The van der Waals surface area contributed by atoms with Crippen LogP contribution in [-0.2, 0) is 4.79 Å². The number of carbonyl (C=O) groups excluding carboxylic acids is 1. The molecule has 0 aliphatic rings. The highest BCUT2D eigenvalue weighted by molar-refractivity contribution is 9.10. The van der Waals surface area contributed by atoms with Crippen molar-refractivity contribution < 1.29 is 13.6 Å². The Bertz CT molecular complexity index is 468. The molecule has 0 spiro atoms. The fourth-order valence-corrected chi connectivity index (χ4v) is 1.71. The number of ketones is 1. The standard InChI is InChI=1S/C11H8BrF2NO/c1-6(16)4-7(5-15)10-9(13)3-2-8(12)11(10)14/h2-3,7H,4H2,1H3. The van der Waals surface area contributed by atoms with Crippen LogP contribution in [0.1, 0.15) is 24.8 Å². The molecule has 0 saturated heterocycles. The van der Waals surface area contributed by atoms with E-state index in [9.17, 15) is 13.6 Å². The van der Waals surface area contributed by atoms with Crippen LogP contribution in [0.15, 0.2) is 16.6 Å². The molecule has 0 N–H and O–H groups in total. The molecule has 0 radical (unpaired) electrons. The Hall–Kier alpha value is -1.28. The highest BCUT2D eigenvalue weighted by atomic mass is 79.9. The van der Waals surface area contributed by atoms with Crippen LogP contribution in [-0.4, -0.2) is 5.78 Å². The topological polar surface area (TPSA) is 40.9 Å². The number of benzene rings is 1. The van der Waals surface area contributed by atoms with E-state index in [4.69, 9.17) is 5.26 Å². The van der Waals surface area contributed by atoms with Gasteiger partial charge < -0.3 is 0 Å². The van der Waals surface area contributed by atoms with Crippen molar-refractivity contribution >= 4 is 21.7 Å². The Morgan fingerprint density at radius 2 is 2.19 bits per heavy atom. The van der Waals surface area contributed by atoms with Gasteiger partial charge in [-0.15, -0.1) is 0 Å². The van der Waals surface area contributed by atoms with Gasteiger partial charge in [-0.05, 0) is 35.0 Å². The van der Waals surface area contributed by atoms with Gasteiger partial charge in [0, 0.05) is 12.0 Å². The number of nitriles is 1. The Labute approximate surface area is 100 Å². The highest BCUT2D eigenvalue weighted by Crippen LogP contribution is 2.29. The van der Waals surface area contributed by atoms with Crippen LogP contribution in [0.2, 0.25) is 0 Å². The van der Waals surface area contributed by atoms with E-state index in [-0.39, 0.29) is 22.2 Å². The first-order valence-corrected chi connectivity index (χ1v) is 5.29. The summed E-state index contributed by atoms with van der Waals surface area (Å²) in [5.74, 6) is -3.01. The summed E-state index contributed by atoms with van der Waals surface area (Å²) in [5, 5.41) is 8.82. The molecule has 0 saturated carbocycles. The lowest BCUT2D eigenvalue weighted by molar-refractivity contribution is -0.117. The van der Waals surface area contributed by atoms with Gasteiger partial charge in [-0.25, -0.2) is 8.78 Å². The lowest BCUT2D eigenvalue weighted by Crippen LogP contribution is -2.07. The predicted octanol–water partition coefficient (Wildman–Crippen LogP) is 3.31. The largest absolute Gasteiger partial charge is 0.300 e. The fraction of sp³-hybridized carbons (Fsp3) is 0.273. The summed E-state index contributed by atoms with van der Waals surface area (Å²) in [6, 6.07) is 4.02. The van der Waals surface area contributed by atoms with Gasteiger partial charge in [0.25, 0.3) is 0 Å². The maximum Gasteiger partial charge on any atom is 0.144 e. The van der Waals surface area contributed by atoms with Crippen molar-refractivity contribution in [2.75, 3.05) is 0 Å². The summed E-state index contributed by atoms with van der Waals surface area (Å²) in [6.07, 6.45) is -0.194. The third-order valence-corrected chi connectivity index (χ3v) is 2.69. The van der Waals surface area contributed by atoms with Gasteiger partial charge >= 0.3 is 0 Å². The Morgan fingerprint density at radius 3 is 2.69 bits per heavy atom. The minimum Gasteiger partial charge on any atom is -0.300 e. The molecule has 1 aromatic rings. The molecule has 0 bridgehead atoms. The second-order valence-electron chi connectivity index (χ2n) is 3.34. The first kappa shape index (κ1) is 12.8. The van der Waals surface area contributed by atoms with E-state index in [2.05, 4.69) is 15.9 Å². The quantitative estimate of drug-likeness (QED) is 0.800. The molecule has 1 rings (SSSR count). The van der Waals surface area contributed by atoms with Crippen molar-refractivity contribution in [3.63, 3.8) is 0 Å². The minimum absolute atomic E-state index is 0.0766. The maximum absolute atomic E-state index is 13.6. The second kappa shape index (κ2) is 5.17. The number of carbonyl (C=O) groups is 1. The monoisotopic (exact) mass is 287 g/mol.